The van der Waals surface area contributed by atoms with Crippen LogP contribution in [-0.4, -0.2) is 78.3 Å². The number of anilines is 1. The SMILES string of the molecule is COc1nc(N)nc2c1ncn2C1O[C@H](COc2ccc3c(O[P+]([O-])=N[C@@H](C)C(=O)OCc4ccc(F)cc4F)cccc3n2)[C@@H](O)[C@@]1(C)O. The number of ether oxygens (including phenoxy) is 4. The molecular formula is C31H30F2N7O9P. The third-order valence-electron chi connectivity index (χ3n) is 7.84. The average Bonchev–Trinajstić information content (AvgIpc) is 3.59. The number of hydrogen-bond acceptors (Lipinski definition) is 15. The summed E-state index contributed by atoms with van der Waals surface area (Å²) in [4.78, 5) is 41.9. The molecule has 1 aliphatic heterocycles. The highest BCUT2D eigenvalue weighted by Gasteiger charge is 2.54. The second-order valence-electron chi connectivity index (χ2n) is 11.4. The fourth-order valence-corrected chi connectivity index (χ4v) is 5.99. The average molecular weight is 714 g/mol. The summed E-state index contributed by atoms with van der Waals surface area (Å²) in [6, 6.07) is 9.53. The van der Waals surface area contributed by atoms with Crippen molar-refractivity contribution in [3.05, 3.63) is 72.1 Å². The lowest BCUT2D eigenvalue weighted by molar-refractivity contribution is -0.169. The maximum atomic E-state index is 13.8. The van der Waals surface area contributed by atoms with E-state index in [-0.39, 0.29) is 46.8 Å². The Bertz CT molecular complexity index is 2100. The maximum Gasteiger partial charge on any atom is 0.395 e. The van der Waals surface area contributed by atoms with Crippen LogP contribution >= 0.6 is 8.17 Å². The van der Waals surface area contributed by atoms with Gasteiger partial charge in [-0.25, -0.2) is 23.5 Å². The van der Waals surface area contributed by atoms with Gasteiger partial charge in [0.25, 0.3) is 0 Å². The normalized spacial score (nSPS) is 21.4. The van der Waals surface area contributed by atoms with Crippen molar-refractivity contribution in [2.75, 3.05) is 19.5 Å². The number of fused-ring (bicyclic) bond motifs is 2. The van der Waals surface area contributed by atoms with E-state index < -0.39 is 62.5 Å². The second-order valence-corrected chi connectivity index (χ2v) is 12.2. The van der Waals surface area contributed by atoms with Crippen molar-refractivity contribution in [3.8, 4) is 17.5 Å². The number of carbonyl (C=O) groups excluding carboxylic acids is 1. The van der Waals surface area contributed by atoms with Gasteiger partial charge >= 0.3 is 14.1 Å². The highest BCUT2D eigenvalue weighted by Crippen LogP contribution is 2.40. The van der Waals surface area contributed by atoms with Crippen LogP contribution in [0.25, 0.3) is 22.1 Å². The first-order valence-corrected chi connectivity index (χ1v) is 16.1. The molecule has 1 fully saturated rings. The lowest BCUT2D eigenvalue weighted by Crippen LogP contribution is -2.44. The molecule has 19 heteroatoms. The number of imidazole rings is 1. The van der Waals surface area contributed by atoms with Crippen LogP contribution in [0.5, 0.6) is 17.5 Å². The van der Waals surface area contributed by atoms with E-state index in [0.717, 1.165) is 12.1 Å². The molecule has 262 valence electrons. The summed E-state index contributed by atoms with van der Waals surface area (Å²) < 4.78 is 59.8. The molecule has 16 nitrogen and oxygen atoms in total. The van der Waals surface area contributed by atoms with Crippen molar-refractivity contribution < 1.29 is 52.2 Å². The fraction of sp³-hybridized carbons (Fsp3) is 0.323. The molecule has 6 atom stereocenters. The summed E-state index contributed by atoms with van der Waals surface area (Å²) in [6.07, 6.45) is -2.16. The van der Waals surface area contributed by atoms with Crippen molar-refractivity contribution in [2.45, 2.75) is 50.5 Å². The number of pyridine rings is 1. The summed E-state index contributed by atoms with van der Waals surface area (Å²) >= 11 is 0. The number of aliphatic hydroxyl groups excluding tert-OH is 1. The Morgan fingerprint density at radius 2 is 2.02 bits per heavy atom. The molecule has 50 heavy (non-hydrogen) atoms. The Morgan fingerprint density at radius 1 is 1.22 bits per heavy atom. The molecule has 2 unspecified atom stereocenters. The lowest BCUT2D eigenvalue weighted by atomic mass is 9.96. The zero-order chi connectivity index (χ0) is 35.7. The number of aliphatic hydroxyl groups is 2. The summed E-state index contributed by atoms with van der Waals surface area (Å²) in [5.41, 5.74) is 4.89. The number of carbonyl (C=O) groups is 1. The monoisotopic (exact) mass is 713 g/mol. The Hall–Kier alpha value is -5.13. The van der Waals surface area contributed by atoms with Crippen LogP contribution in [0.4, 0.5) is 14.7 Å². The molecule has 1 saturated heterocycles. The second kappa shape index (κ2) is 14.0. The quantitative estimate of drug-likeness (QED) is 0.132. The topological polar surface area (TPSA) is 222 Å². The van der Waals surface area contributed by atoms with Gasteiger partial charge in [0.05, 0.1) is 19.0 Å². The van der Waals surface area contributed by atoms with Crippen LogP contribution in [0, 0.1) is 11.6 Å². The Morgan fingerprint density at radius 3 is 2.78 bits per heavy atom. The van der Waals surface area contributed by atoms with E-state index in [1.807, 2.05) is 0 Å². The molecule has 3 aromatic heterocycles. The smallest absolute Gasteiger partial charge is 0.395 e. The van der Waals surface area contributed by atoms with Crippen LogP contribution in [0.1, 0.15) is 25.6 Å². The van der Waals surface area contributed by atoms with Crippen molar-refractivity contribution in [2.24, 2.45) is 4.74 Å². The molecule has 0 aliphatic carbocycles. The first kappa shape index (κ1) is 34.7. The van der Waals surface area contributed by atoms with Gasteiger partial charge in [-0.3, -0.25) is 9.09 Å². The van der Waals surface area contributed by atoms with Gasteiger partial charge in [0, 0.05) is 23.1 Å². The minimum Gasteiger partial charge on any atom is -0.575 e. The number of benzene rings is 2. The first-order chi connectivity index (χ1) is 23.8. The first-order valence-electron chi connectivity index (χ1n) is 14.9. The van der Waals surface area contributed by atoms with Gasteiger partial charge in [0.15, 0.2) is 29.2 Å². The molecule has 6 rings (SSSR count). The van der Waals surface area contributed by atoms with Crippen molar-refractivity contribution in [1.29, 1.82) is 0 Å². The molecule has 1 aliphatic rings. The Balaban J connectivity index is 1.10. The number of rotatable bonds is 11. The van der Waals surface area contributed by atoms with Gasteiger partial charge in [0.2, 0.25) is 17.7 Å². The standard InChI is InChI=1S/C31H30F2N7O9P/c1-15(28(42)47-12-16-7-8-17(32)11-19(16)33)39-50(44)49-21-6-4-5-20-18(21)9-10-23(36-20)46-13-22-25(41)31(2,43)29(48-22)40-14-35-24-26(40)37-30(34)38-27(24)45-3/h4-11,14-15,22,25,29,41,43H,12-13H2,1-3H3,(H2,34,37,38)/t15-,22+,25+,29?,31+/m0/s1. The largest absolute Gasteiger partial charge is 0.575 e. The highest BCUT2D eigenvalue weighted by atomic mass is 31.1. The van der Waals surface area contributed by atoms with Crippen LogP contribution in [0.2, 0.25) is 0 Å². The van der Waals surface area contributed by atoms with Crippen LogP contribution < -0.4 is 24.6 Å². The van der Waals surface area contributed by atoms with E-state index in [9.17, 15) is 28.7 Å². The molecule has 0 saturated carbocycles. The van der Waals surface area contributed by atoms with Crippen molar-refractivity contribution in [1.82, 2.24) is 24.5 Å². The van der Waals surface area contributed by atoms with E-state index in [4.69, 9.17) is 29.2 Å². The highest BCUT2D eigenvalue weighted by molar-refractivity contribution is 7.34. The molecule has 0 bridgehead atoms. The van der Waals surface area contributed by atoms with E-state index in [0.29, 0.717) is 17.0 Å². The number of nitrogens with zero attached hydrogens (tertiary/aromatic N) is 6. The van der Waals surface area contributed by atoms with Gasteiger partial charge in [-0.2, -0.15) is 9.97 Å². The molecule has 4 heterocycles. The third-order valence-corrected chi connectivity index (χ3v) is 8.73. The van der Waals surface area contributed by atoms with Crippen LogP contribution in [0.15, 0.2) is 59.6 Å². The summed E-state index contributed by atoms with van der Waals surface area (Å²) in [5.74, 6) is -2.17. The third kappa shape index (κ3) is 6.97. The summed E-state index contributed by atoms with van der Waals surface area (Å²) in [6.45, 7) is 2.07. The minimum atomic E-state index is -2.75. The fourth-order valence-electron chi connectivity index (χ4n) is 5.24. The van der Waals surface area contributed by atoms with Crippen LogP contribution in [-0.2, 0) is 20.9 Å². The zero-order valence-corrected chi connectivity index (χ0v) is 27.5. The number of methoxy groups -OCH3 is 1. The maximum absolute atomic E-state index is 13.8. The van der Waals surface area contributed by atoms with E-state index in [1.165, 1.54) is 44.0 Å². The van der Waals surface area contributed by atoms with Gasteiger partial charge < -0.3 is 39.8 Å². The van der Waals surface area contributed by atoms with Crippen molar-refractivity contribution >= 4 is 42.2 Å². The number of nitrogens with two attached hydrogens (primary N) is 1. The number of esters is 1. The molecule has 0 radical (unpaired) electrons. The van der Waals surface area contributed by atoms with Gasteiger partial charge in [-0.1, -0.05) is 10.8 Å². The lowest BCUT2D eigenvalue weighted by Gasteiger charge is -2.27. The number of hydrogen-bond donors (Lipinski definition) is 3. The molecule has 0 amide bonds. The van der Waals surface area contributed by atoms with E-state index in [2.05, 4.69) is 24.7 Å². The number of aromatic nitrogens is 5. The van der Waals surface area contributed by atoms with Gasteiger partial charge in [0.1, 0.15) is 42.7 Å². The summed E-state index contributed by atoms with van der Waals surface area (Å²) in [5, 5.41) is 22.7. The number of nitrogen functional groups attached to an aromatic ring is 1. The van der Waals surface area contributed by atoms with Gasteiger partial charge in [-0.15, -0.1) is 0 Å². The molecule has 0 spiro atoms. The summed E-state index contributed by atoms with van der Waals surface area (Å²) in [7, 11) is -1.35. The van der Waals surface area contributed by atoms with Gasteiger partial charge in [-0.05, 0) is 44.2 Å². The van der Waals surface area contributed by atoms with E-state index >= 15 is 0 Å². The molecule has 4 N–H and O–H groups in total. The number of halogens is 2. The zero-order valence-electron chi connectivity index (χ0n) is 26.6. The Kier molecular flexibility index (Phi) is 9.73. The molecule has 5 aromatic rings. The Labute approximate surface area is 283 Å². The van der Waals surface area contributed by atoms with E-state index in [1.54, 1.807) is 18.2 Å². The molecule has 2 aromatic carbocycles. The minimum absolute atomic E-state index is 0.0340. The predicted octanol–water partition coefficient (Wildman–Crippen LogP) is 2.70. The molecular weight excluding hydrogens is 683 g/mol. The predicted molar refractivity (Wildman–Crippen MR) is 170 cm³/mol. The van der Waals surface area contributed by atoms with Crippen molar-refractivity contribution in [3.63, 3.8) is 0 Å². The van der Waals surface area contributed by atoms with Crippen LogP contribution in [0.3, 0.4) is 0 Å².